The summed E-state index contributed by atoms with van der Waals surface area (Å²) in [4.78, 5) is 37.9. The molecule has 1 aliphatic heterocycles. The van der Waals surface area contributed by atoms with Gasteiger partial charge in [-0.05, 0) is 25.5 Å². The third kappa shape index (κ3) is 5.58. The zero-order valence-corrected chi connectivity index (χ0v) is 17.4. The Balaban J connectivity index is 1.82. The third-order valence-corrected chi connectivity index (χ3v) is 4.69. The molecule has 31 heavy (non-hydrogen) atoms. The van der Waals surface area contributed by atoms with Crippen LogP contribution in [0.3, 0.4) is 0 Å². The lowest BCUT2D eigenvalue weighted by molar-refractivity contribution is -0.385. The summed E-state index contributed by atoms with van der Waals surface area (Å²) in [6, 6.07) is 12.0. The second kappa shape index (κ2) is 10.0. The fourth-order valence-electron chi connectivity index (χ4n) is 3.28. The monoisotopic (exact) mass is 428 g/mol. The Morgan fingerprint density at radius 2 is 1.94 bits per heavy atom. The fraction of sp³-hybridized carbons (Fsp3) is 0.364. The Hall–Kier alpha value is -3.46. The van der Waals surface area contributed by atoms with Gasteiger partial charge in [0.25, 0.3) is 5.69 Å². The first kappa shape index (κ1) is 22.2. The van der Waals surface area contributed by atoms with Crippen LogP contribution in [0.5, 0.6) is 5.75 Å². The maximum absolute atomic E-state index is 13.0. The van der Waals surface area contributed by atoms with E-state index in [0.717, 1.165) is 5.56 Å². The molecule has 0 aliphatic carbocycles. The van der Waals surface area contributed by atoms with Crippen molar-refractivity contribution in [2.75, 3.05) is 13.3 Å². The van der Waals surface area contributed by atoms with Crippen LogP contribution in [0, 0.1) is 10.1 Å². The first-order chi connectivity index (χ1) is 14.9. The Morgan fingerprint density at radius 1 is 1.19 bits per heavy atom. The van der Waals surface area contributed by atoms with Crippen molar-refractivity contribution in [2.45, 2.75) is 39.5 Å². The molecule has 0 spiro atoms. The quantitative estimate of drug-likeness (QED) is 0.354. The number of nitro benzene ring substituents is 1. The smallest absolute Gasteiger partial charge is 0.410 e. The van der Waals surface area contributed by atoms with E-state index in [0.29, 0.717) is 11.3 Å². The highest BCUT2D eigenvalue weighted by Gasteiger charge is 2.29. The molecule has 0 saturated heterocycles. The van der Waals surface area contributed by atoms with Gasteiger partial charge in [0.2, 0.25) is 0 Å². The number of carbonyl (C=O) groups excluding carboxylic acids is 2. The lowest BCUT2D eigenvalue weighted by atomic mass is 9.98. The van der Waals surface area contributed by atoms with E-state index in [1.54, 1.807) is 13.8 Å². The van der Waals surface area contributed by atoms with Gasteiger partial charge in [0, 0.05) is 31.1 Å². The number of amides is 1. The molecule has 0 radical (unpaired) electrons. The van der Waals surface area contributed by atoms with E-state index in [1.165, 1.54) is 17.0 Å². The van der Waals surface area contributed by atoms with Gasteiger partial charge in [-0.15, -0.1) is 0 Å². The number of carbonyl (C=O) groups is 2. The maximum Gasteiger partial charge on any atom is 0.410 e. The molecule has 0 bridgehead atoms. The number of hydrogen-bond acceptors (Lipinski definition) is 7. The summed E-state index contributed by atoms with van der Waals surface area (Å²) in [5.41, 5.74) is 0.877. The summed E-state index contributed by atoms with van der Waals surface area (Å²) in [6.45, 7) is 3.83. The van der Waals surface area contributed by atoms with Crippen molar-refractivity contribution in [3.05, 3.63) is 69.3 Å². The molecule has 0 N–H and O–H groups in total. The summed E-state index contributed by atoms with van der Waals surface area (Å²) >= 11 is 0. The van der Waals surface area contributed by atoms with Crippen LogP contribution in [-0.4, -0.2) is 41.1 Å². The molecule has 0 fully saturated rings. The van der Waals surface area contributed by atoms with E-state index in [9.17, 15) is 19.7 Å². The predicted octanol–water partition coefficient (Wildman–Crippen LogP) is 4.08. The molecule has 3 rings (SSSR count). The average molecular weight is 428 g/mol. The van der Waals surface area contributed by atoms with Crippen molar-refractivity contribution in [3.8, 4) is 5.75 Å². The second-order valence-corrected chi connectivity index (χ2v) is 7.32. The molecule has 1 aliphatic rings. The van der Waals surface area contributed by atoms with Gasteiger partial charge < -0.3 is 19.1 Å². The maximum atomic E-state index is 13.0. The molecular weight excluding hydrogens is 404 g/mol. The van der Waals surface area contributed by atoms with Gasteiger partial charge in [-0.25, -0.2) is 4.79 Å². The first-order valence-electron chi connectivity index (χ1n) is 9.90. The van der Waals surface area contributed by atoms with Crippen LogP contribution in [0.4, 0.5) is 10.5 Å². The first-order valence-corrected chi connectivity index (χ1v) is 9.90. The molecule has 1 heterocycles. The molecule has 0 unspecified atom stereocenters. The minimum Gasteiger partial charge on any atom is -0.467 e. The number of hydrogen-bond donors (Lipinski definition) is 0. The van der Waals surface area contributed by atoms with E-state index in [4.69, 9.17) is 14.2 Å². The normalized spacial score (nSPS) is 12.6. The van der Waals surface area contributed by atoms with Crippen LogP contribution in [-0.2, 0) is 22.6 Å². The minimum absolute atomic E-state index is 0.0182. The zero-order chi connectivity index (χ0) is 22.4. The summed E-state index contributed by atoms with van der Waals surface area (Å²) in [6.07, 6.45) is -0.988. The molecule has 0 saturated carbocycles. The Kier molecular flexibility index (Phi) is 7.19. The number of fused-ring (bicyclic) bond motifs is 1. The summed E-state index contributed by atoms with van der Waals surface area (Å²) in [7, 11) is 0. The fourth-order valence-corrected chi connectivity index (χ4v) is 3.28. The van der Waals surface area contributed by atoms with Crippen LogP contribution in [0.1, 0.15) is 41.8 Å². The van der Waals surface area contributed by atoms with E-state index in [2.05, 4.69) is 0 Å². The molecular formula is C22H24N2O7. The number of ether oxygens (including phenoxy) is 3. The van der Waals surface area contributed by atoms with Gasteiger partial charge in [-0.1, -0.05) is 30.3 Å². The molecule has 9 heteroatoms. The van der Waals surface area contributed by atoms with Crippen LogP contribution in [0.25, 0.3) is 0 Å². The van der Waals surface area contributed by atoms with Crippen molar-refractivity contribution in [1.82, 2.24) is 4.90 Å². The second-order valence-electron chi connectivity index (χ2n) is 7.32. The SMILES string of the molecule is CC(C)OC(=O)N(CCC(=O)c1c([N+](=O)[O-])ccc2c1COCO2)Cc1ccccc1. The molecule has 0 aromatic heterocycles. The van der Waals surface area contributed by atoms with Crippen molar-refractivity contribution >= 4 is 17.6 Å². The van der Waals surface area contributed by atoms with Crippen molar-refractivity contribution in [2.24, 2.45) is 0 Å². The largest absolute Gasteiger partial charge is 0.467 e. The van der Waals surface area contributed by atoms with Crippen LogP contribution >= 0.6 is 0 Å². The Labute approximate surface area is 179 Å². The molecule has 2 aromatic carbocycles. The van der Waals surface area contributed by atoms with E-state index in [-0.39, 0.29) is 50.3 Å². The highest BCUT2D eigenvalue weighted by atomic mass is 16.7. The lowest BCUT2D eigenvalue weighted by Crippen LogP contribution is -2.34. The van der Waals surface area contributed by atoms with Gasteiger partial charge in [-0.3, -0.25) is 14.9 Å². The number of ketones is 1. The molecule has 0 atom stereocenters. The number of nitrogens with zero attached hydrogens (tertiary/aromatic N) is 2. The average Bonchev–Trinajstić information content (AvgIpc) is 2.75. The number of nitro groups is 1. The van der Waals surface area contributed by atoms with Crippen LogP contribution in [0.2, 0.25) is 0 Å². The van der Waals surface area contributed by atoms with E-state index >= 15 is 0 Å². The molecule has 164 valence electrons. The summed E-state index contributed by atoms with van der Waals surface area (Å²) in [5, 5.41) is 11.5. The van der Waals surface area contributed by atoms with Crippen LogP contribution < -0.4 is 4.74 Å². The van der Waals surface area contributed by atoms with Crippen molar-refractivity contribution in [1.29, 1.82) is 0 Å². The lowest BCUT2D eigenvalue weighted by Gasteiger charge is -2.24. The molecule has 1 amide bonds. The van der Waals surface area contributed by atoms with Crippen LogP contribution in [0.15, 0.2) is 42.5 Å². The standard InChI is InChI=1S/C22H24N2O7/c1-15(2)31-22(26)23(12-16-6-4-3-5-7-16)11-10-19(25)21-17-13-29-14-30-20(17)9-8-18(21)24(27)28/h3-9,15H,10-14H2,1-2H3. The zero-order valence-electron chi connectivity index (χ0n) is 17.4. The summed E-state index contributed by atoms with van der Waals surface area (Å²) < 4.78 is 15.9. The van der Waals surface area contributed by atoms with E-state index < -0.39 is 16.8 Å². The molecule has 2 aromatic rings. The van der Waals surface area contributed by atoms with Crippen molar-refractivity contribution < 1.29 is 28.7 Å². The Morgan fingerprint density at radius 3 is 2.61 bits per heavy atom. The van der Waals surface area contributed by atoms with E-state index in [1.807, 2.05) is 30.3 Å². The highest BCUT2D eigenvalue weighted by Crippen LogP contribution is 2.34. The van der Waals surface area contributed by atoms with Gasteiger partial charge in [0.15, 0.2) is 12.6 Å². The van der Waals surface area contributed by atoms with Gasteiger partial charge >= 0.3 is 6.09 Å². The third-order valence-electron chi connectivity index (χ3n) is 4.69. The number of rotatable bonds is 8. The number of Topliss-reactive ketones (excluding diaryl/α,β-unsaturated/α-hetero) is 1. The van der Waals surface area contributed by atoms with Gasteiger partial charge in [0.1, 0.15) is 11.3 Å². The van der Waals surface area contributed by atoms with Gasteiger partial charge in [-0.2, -0.15) is 0 Å². The highest BCUT2D eigenvalue weighted by molar-refractivity contribution is 6.02. The topological polar surface area (TPSA) is 108 Å². The predicted molar refractivity (Wildman–Crippen MR) is 111 cm³/mol. The number of benzene rings is 2. The Bertz CT molecular complexity index is 960. The minimum atomic E-state index is -0.600. The van der Waals surface area contributed by atoms with Gasteiger partial charge in [0.05, 0.1) is 17.6 Å². The van der Waals surface area contributed by atoms with Crippen molar-refractivity contribution in [3.63, 3.8) is 0 Å². The summed E-state index contributed by atoms with van der Waals surface area (Å²) in [5.74, 6) is -0.0754. The molecule has 9 nitrogen and oxygen atoms in total.